The third-order valence-electron chi connectivity index (χ3n) is 4.07. The molecule has 2 aromatic carbocycles. The molecule has 0 atom stereocenters. The van der Waals surface area contributed by atoms with E-state index in [0.717, 1.165) is 5.69 Å². The van der Waals surface area contributed by atoms with Gasteiger partial charge in [0.2, 0.25) is 5.91 Å². The van der Waals surface area contributed by atoms with Gasteiger partial charge in [0.05, 0.1) is 0 Å². The number of nitrogens with one attached hydrogen (secondary N) is 2. The molecule has 0 aliphatic rings. The van der Waals surface area contributed by atoms with Gasteiger partial charge in [0.1, 0.15) is 0 Å². The molecule has 0 aromatic heterocycles. The van der Waals surface area contributed by atoms with E-state index in [2.05, 4.69) is 56.5 Å². The Bertz CT molecular complexity index is 669. The Morgan fingerprint density at radius 3 is 2.26 bits per heavy atom. The molecule has 2 N–H and O–H groups in total. The summed E-state index contributed by atoms with van der Waals surface area (Å²) in [6.07, 6.45) is 0.471. The van der Waals surface area contributed by atoms with Gasteiger partial charge < -0.3 is 10.6 Å². The third kappa shape index (κ3) is 4.85. The lowest BCUT2D eigenvalue weighted by Gasteiger charge is -2.14. The smallest absolute Gasteiger partial charge is 0.222 e. The Kier molecular flexibility index (Phi) is 5.80. The normalized spacial score (nSPS) is 10.4. The highest BCUT2D eigenvalue weighted by Crippen LogP contribution is 2.21. The molecule has 0 fully saturated rings. The fourth-order valence-corrected chi connectivity index (χ4v) is 2.85. The van der Waals surface area contributed by atoms with Crippen molar-refractivity contribution in [1.29, 1.82) is 0 Å². The van der Waals surface area contributed by atoms with Crippen LogP contribution in [-0.2, 0) is 11.3 Å². The highest BCUT2D eigenvalue weighted by molar-refractivity contribution is 5.76. The van der Waals surface area contributed by atoms with E-state index in [9.17, 15) is 4.79 Å². The molecule has 1 amide bonds. The van der Waals surface area contributed by atoms with Crippen LogP contribution in [0, 0.1) is 27.7 Å². The molecule has 3 heteroatoms. The van der Waals surface area contributed by atoms with E-state index in [1.165, 1.54) is 27.8 Å². The topological polar surface area (TPSA) is 41.1 Å². The molecule has 122 valence electrons. The van der Waals surface area contributed by atoms with Crippen LogP contribution < -0.4 is 10.6 Å². The first-order valence-corrected chi connectivity index (χ1v) is 8.10. The van der Waals surface area contributed by atoms with E-state index < -0.39 is 0 Å². The minimum Gasteiger partial charge on any atom is -0.384 e. The van der Waals surface area contributed by atoms with Crippen LogP contribution in [0.15, 0.2) is 36.4 Å². The molecule has 0 unspecified atom stereocenters. The maximum Gasteiger partial charge on any atom is 0.222 e. The Hall–Kier alpha value is -2.29. The highest BCUT2D eigenvalue weighted by atomic mass is 16.1. The van der Waals surface area contributed by atoms with Crippen LogP contribution in [0.4, 0.5) is 5.69 Å². The number of aryl methyl sites for hydroxylation is 4. The predicted molar refractivity (Wildman–Crippen MR) is 96.8 cm³/mol. The summed E-state index contributed by atoms with van der Waals surface area (Å²) >= 11 is 0. The number of carbonyl (C=O) groups is 1. The fraction of sp³-hybridized carbons (Fsp3) is 0.350. The molecule has 2 aromatic rings. The Morgan fingerprint density at radius 1 is 0.957 bits per heavy atom. The molecule has 3 nitrogen and oxygen atoms in total. The van der Waals surface area contributed by atoms with Gasteiger partial charge in [0, 0.05) is 25.2 Å². The molecule has 0 radical (unpaired) electrons. The second-order valence-corrected chi connectivity index (χ2v) is 6.15. The van der Waals surface area contributed by atoms with Crippen LogP contribution >= 0.6 is 0 Å². The lowest BCUT2D eigenvalue weighted by Crippen LogP contribution is -2.25. The zero-order valence-electron chi connectivity index (χ0n) is 14.5. The zero-order chi connectivity index (χ0) is 16.8. The van der Waals surface area contributed by atoms with E-state index in [4.69, 9.17) is 0 Å². The van der Waals surface area contributed by atoms with Crippen LogP contribution in [0.5, 0.6) is 0 Å². The Balaban J connectivity index is 1.80. The minimum atomic E-state index is 0.0724. The number of carbonyl (C=O) groups excluding carboxylic acids is 1. The summed E-state index contributed by atoms with van der Waals surface area (Å²) in [7, 11) is 0. The van der Waals surface area contributed by atoms with Gasteiger partial charge in [-0.1, -0.05) is 42.0 Å². The van der Waals surface area contributed by atoms with Gasteiger partial charge in [-0.2, -0.15) is 0 Å². The summed E-state index contributed by atoms with van der Waals surface area (Å²) in [5, 5.41) is 6.37. The number of amides is 1. The summed E-state index contributed by atoms with van der Waals surface area (Å²) in [6.45, 7) is 9.59. The average molecular weight is 310 g/mol. The Labute approximate surface area is 139 Å². The second-order valence-electron chi connectivity index (χ2n) is 6.15. The molecule has 0 saturated heterocycles. The fourth-order valence-electron chi connectivity index (χ4n) is 2.85. The summed E-state index contributed by atoms with van der Waals surface area (Å²) in [5.41, 5.74) is 7.23. The van der Waals surface area contributed by atoms with Crippen molar-refractivity contribution in [2.75, 3.05) is 11.9 Å². The maximum absolute atomic E-state index is 12.0. The number of rotatable bonds is 6. The van der Waals surface area contributed by atoms with Gasteiger partial charge in [0.15, 0.2) is 0 Å². The zero-order valence-corrected chi connectivity index (χ0v) is 14.5. The molecule has 0 aliphatic carbocycles. The molecule has 23 heavy (non-hydrogen) atoms. The van der Waals surface area contributed by atoms with E-state index in [1.807, 2.05) is 18.2 Å². The number of benzene rings is 2. The molecule has 0 spiro atoms. The van der Waals surface area contributed by atoms with Crippen molar-refractivity contribution >= 4 is 11.6 Å². The molecule has 0 aliphatic heterocycles. The summed E-state index contributed by atoms with van der Waals surface area (Å²) in [5.74, 6) is 0.0724. The SMILES string of the molecule is Cc1cc(C)c(NCCC(=O)NCc2ccccc2C)c(C)c1. The van der Waals surface area contributed by atoms with Crippen molar-refractivity contribution in [1.82, 2.24) is 5.32 Å². The van der Waals surface area contributed by atoms with Crippen molar-refractivity contribution in [3.8, 4) is 0 Å². The molecule has 0 saturated carbocycles. The quantitative estimate of drug-likeness (QED) is 0.845. The van der Waals surface area contributed by atoms with Crippen LogP contribution in [-0.4, -0.2) is 12.5 Å². The molecular weight excluding hydrogens is 284 g/mol. The van der Waals surface area contributed by atoms with Gasteiger partial charge in [-0.3, -0.25) is 4.79 Å². The van der Waals surface area contributed by atoms with Gasteiger partial charge >= 0.3 is 0 Å². The molecule has 0 heterocycles. The van der Waals surface area contributed by atoms with E-state index in [1.54, 1.807) is 0 Å². The largest absolute Gasteiger partial charge is 0.384 e. The van der Waals surface area contributed by atoms with Crippen molar-refractivity contribution in [3.05, 3.63) is 64.2 Å². The highest BCUT2D eigenvalue weighted by Gasteiger charge is 2.06. The van der Waals surface area contributed by atoms with Crippen molar-refractivity contribution < 1.29 is 4.79 Å². The predicted octanol–water partition coefficient (Wildman–Crippen LogP) is 4.04. The number of hydrogen-bond donors (Lipinski definition) is 2. The van der Waals surface area contributed by atoms with Gasteiger partial charge in [0.25, 0.3) is 0 Å². The lowest BCUT2D eigenvalue weighted by atomic mass is 10.1. The minimum absolute atomic E-state index is 0.0724. The summed E-state index contributed by atoms with van der Waals surface area (Å²) in [6, 6.07) is 12.4. The lowest BCUT2D eigenvalue weighted by molar-refractivity contribution is -0.121. The van der Waals surface area contributed by atoms with E-state index >= 15 is 0 Å². The van der Waals surface area contributed by atoms with Crippen molar-refractivity contribution in [2.45, 2.75) is 40.7 Å². The second kappa shape index (κ2) is 7.82. The van der Waals surface area contributed by atoms with Crippen LogP contribution in [0.25, 0.3) is 0 Å². The van der Waals surface area contributed by atoms with E-state index in [-0.39, 0.29) is 5.91 Å². The average Bonchev–Trinajstić information content (AvgIpc) is 2.49. The molecule has 0 bridgehead atoms. The van der Waals surface area contributed by atoms with Gasteiger partial charge in [-0.05, 0) is 49.9 Å². The van der Waals surface area contributed by atoms with Gasteiger partial charge in [-0.25, -0.2) is 0 Å². The first-order valence-electron chi connectivity index (χ1n) is 8.10. The van der Waals surface area contributed by atoms with Crippen molar-refractivity contribution in [2.24, 2.45) is 0 Å². The van der Waals surface area contributed by atoms with Crippen LogP contribution in [0.1, 0.15) is 34.2 Å². The summed E-state index contributed by atoms with van der Waals surface area (Å²) < 4.78 is 0. The first-order chi connectivity index (χ1) is 11.0. The van der Waals surface area contributed by atoms with Crippen molar-refractivity contribution in [3.63, 3.8) is 0 Å². The third-order valence-corrected chi connectivity index (χ3v) is 4.07. The van der Waals surface area contributed by atoms with Crippen LogP contribution in [0.2, 0.25) is 0 Å². The summed E-state index contributed by atoms with van der Waals surface area (Å²) in [4.78, 5) is 12.0. The van der Waals surface area contributed by atoms with E-state index in [0.29, 0.717) is 19.5 Å². The first kappa shape index (κ1) is 17.1. The van der Waals surface area contributed by atoms with Gasteiger partial charge in [-0.15, -0.1) is 0 Å². The molecule has 2 rings (SSSR count). The molecular formula is C20H26N2O. The monoisotopic (exact) mass is 310 g/mol. The standard InChI is InChI=1S/C20H26N2O/c1-14-11-16(3)20(17(4)12-14)21-10-9-19(23)22-13-18-8-6-5-7-15(18)2/h5-8,11-12,21H,9-10,13H2,1-4H3,(H,22,23). The maximum atomic E-state index is 12.0. The number of hydrogen-bond acceptors (Lipinski definition) is 2. The number of anilines is 1. The van der Waals surface area contributed by atoms with Crippen LogP contribution in [0.3, 0.4) is 0 Å². The Morgan fingerprint density at radius 2 is 1.61 bits per heavy atom.